The molecule has 4 rings (SSSR count). The molecular weight excluding hydrogens is 368 g/mol. The van der Waals surface area contributed by atoms with Gasteiger partial charge in [-0.2, -0.15) is 0 Å². The molecule has 6 heteroatoms. The summed E-state index contributed by atoms with van der Waals surface area (Å²) >= 11 is 1.41. The molecule has 1 amide bonds. The Morgan fingerprint density at radius 2 is 1.71 bits per heavy atom. The third-order valence-electron chi connectivity index (χ3n) is 4.05. The lowest BCUT2D eigenvalue weighted by Gasteiger charge is -2.10. The van der Waals surface area contributed by atoms with Crippen LogP contribution in [0.25, 0.3) is 11.3 Å². The van der Waals surface area contributed by atoms with Gasteiger partial charge >= 0.3 is 0 Å². The maximum Gasteiger partial charge on any atom is 0.265 e. The summed E-state index contributed by atoms with van der Waals surface area (Å²) in [5, 5.41) is 8.10. The number of thiophene rings is 1. The number of carbonyl (C=O) groups excluding carboxylic acids is 1. The molecule has 2 aromatic carbocycles. The summed E-state index contributed by atoms with van der Waals surface area (Å²) < 4.78 is 0. The second kappa shape index (κ2) is 8.02. The first-order valence-electron chi connectivity index (χ1n) is 8.80. The lowest BCUT2D eigenvalue weighted by molar-refractivity contribution is 0.103. The molecule has 0 aliphatic carbocycles. The van der Waals surface area contributed by atoms with Crippen molar-refractivity contribution in [3.8, 4) is 11.3 Å². The van der Waals surface area contributed by atoms with Gasteiger partial charge in [0.1, 0.15) is 11.6 Å². The number of hydrogen-bond donors (Lipinski definition) is 2. The largest absolute Gasteiger partial charge is 0.340 e. The van der Waals surface area contributed by atoms with Crippen LogP contribution in [0.2, 0.25) is 0 Å². The predicted molar refractivity (Wildman–Crippen MR) is 114 cm³/mol. The van der Waals surface area contributed by atoms with Crippen LogP contribution in [0.4, 0.5) is 17.2 Å². The van der Waals surface area contributed by atoms with Gasteiger partial charge in [0.05, 0.1) is 10.6 Å². The number of benzene rings is 2. The Kier molecular flexibility index (Phi) is 5.12. The lowest BCUT2D eigenvalue weighted by atomic mass is 10.1. The van der Waals surface area contributed by atoms with Crippen molar-refractivity contribution in [2.45, 2.75) is 6.92 Å². The number of aromatic nitrogens is 2. The Balaban J connectivity index is 1.55. The molecule has 0 unspecified atom stereocenters. The standard InChI is InChI=1S/C22H18N4OS/c1-15-23-19(16-7-3-2-4-8-16)14-21(24-15)25-17-9-5-10-18(13-17)26-22(27)20-11-6-12-28-20/h2-14H,1H3,(H,26,27)(H,23,24,25). The first-order chi connectivity index (χ1) is 13.7. The van der Waals surface area contributed by atoms with E-state index in [0.29, 0.717) is 16.5 Å². The highest BCUT2D eigenvalue weighted by Gasteiger charge is 2.08. The van der Waals surface area contributed by atoms with Crippen molar-refractivity contribution in [3.63, 3.8) is 0 Å². The van der Waals surface area contributed by atoms with Gasteiger partial charge in [-0.25, -0.2) is 9.97 Å². The van der Waals surface area contributed by atoms with Crippen LogP contribution in [0.15, 0.2) is 78.2 Å². The van der Waals surface area contributed by atoms with Crippen LogP contribution in [-0.4, -0.2) is 15.9 Å². The van der Waals surface area contributed by atoms with Gasteiger partial charge in [-0.15, -0.1) is 11.3 Å². The number of anilines is 3. The molecule has 0 saturated heterocycles. The van der Waals surface area contributed by atoms with Crippen LogP contribution < -0.4 is 10.6 Å². The van der Waals surface area contributed by atoms with E-state index in [2.05, 4.69) is 20.6 Å². The topological polar surface area (TPSA) is 66.9 Å². The van der Waals surface area contributed by atoms with Crippen LogP contribution in [-0.2, 0) is 0 Å². The summed E-state index contributed by atoms with van der Waals surface area (Å²) in [5.74, 6) is 1.27. The van der Waals surface area contributed by atoms with Crippen LogP contribution in [0.1, 0.15) is 15.5 Å². The summed E-state index contributed by atoms with van der Waals surface area (Å²) in [5.41, 5.74) is 3.45. The van der Waals surface area contributed by atoms with E-state index in [9.17, 15) is 4.79 Å². The number of aryl methyl sites for hydroxylation is 1. The van der Waals surface area contributed by atoms with Gasteiger partial charge < -0.3 is 10.6 Å². The number of rotatable bonds is 5. The maximum atomic E-state index is 12.2. The highest BCUT2D eigenvalue weighted by Crippen LogP contribution is 2.24. The third kappa shape index (κ3) is 4.24. The summed E-state index contributed by atoms with van der Waals surface area (Å²) in [7, 11) is 0. The summed E-state index contributed by atoms with van der Waals surface area (Å²) in [6.07, 6.45) is 0. The molecular formula is C22H18N4OS. The Bertz CT molecular complexity index is 1090. The average Bonchev–Trinajstić information content (AvgIpc) is 3.23. The second-order valence-corrected chi connectivity index (χ2v) is 7.14. The van der Waals surface area contributed by atoms with Crippen molar-refractivity contribution in [1.82, 2.24) is 9.97 Å². The zero-order chi connectivity index (χ0) is 19.3. The summed E-state index contributed by atoms with van der Waals surface area (Å²) in [4.78, 5) is 21.9. The van der Waals surface area contributed by atoms with Crippen molar-refractivity contribution in [1.29, 1.82) is 0 Å². The Morgan fingerprint density at radius 3 is 2.50 bits per heavy atom. The van der Waals surface area contributed by atoms with E-state index in [4.69, 9.17) is 0 Å². The molecule has 0 atom stereocenters. The van der Waals surface area contributed by atoms with Gasteiger partial charge in [0.15, 0.2) is 0 Å². The van der Waals surface area contributed by atoms with E-state index in [1.165, 1.54) is 11.3 Å². The number of nitrogens with zero attached hydrogens (tertiary/aromatic N) is 2. The van der Waals surface area contributed by atoms with E-state index < -0.39 is 0 Å². The summed E-state index contributed by atoms with van der Waals surface area (Å²) in [6, 6.07) is 23.1. The smallest absolute Gasteiger partial charge is 0.265 e. The molecule has 2 aromatic heterocycles. The Hall–Kier alpha value is -3.51. The van der Waals surface area contributed by atoms with Crippen LogP contribution in [0, 0.1) is 6.92 Å². The lowest BCUT2D eigenvalue weighted by Crippen LogP contribution is -2.10. The van der Waals surface area contributed by atoms with Gasteiger partial charge in [0, 0.05) is 23.0 Å². The van der Waals surface area contributed by atoms with Crippen molar-refractivity contribution >= 4 is 34.4 Å². The average molecular weight is 386 g/mol. The van der Waals surface area contributed by atoms with Crippen LogP contribution >= 0.6 is 11.3 Å². The molecule has 138 valence electrons. The number of amides is 1. The van der Waals surface area contributed by atoms with Crippen LogP contribution in [0.5, 0.6) is 0 Å². The van der Waals surface area contributed by atoms with Gasteiger partial charge in [-0.3, -0.25) is 4.79 Å². The van der Waals surface area contributed by atoms with Crippen molar-refractivity contribution < 1.29 is 4.79 Å². The first kappa shape index (κ1) is 17.9. The molecule has 0 spiro atoms. The molecule has 0 saturated carbocycles. The highest BCUT2D eigenvalue weighted by atomic mass is 32.1. The van der Waals surface area contributed by atoms with Gasteiger partial charge in [0.2, 0.25) is 0 Å². The zero-order valence-electron chi connectivity index (χ0n) is 15.2. The van der Waals surface area contributed by atoms with E-state index in [-0.39, 0.29) is 5.91 Å². The van der Waals surface area contributed by atoms with E-state index >= 15 is 0 Å². The molecule has 4 aromatic rings. The third-order valence-corrected chi connectivity index (χ3v) is 4.91. The normalized spacial score (nSPS) is 10.5. The fraction of sp³-hybridized carbons (Fsp3) is 0.0455. The minimum absolute atomic E-state index is 0.114. The van der Waals surface area contributed by atoms with Gasteiger partial charge in [-0.05, 0) is 36.6 Å². The Morgan fingerprint density at radius 1 is 0.893 bits per heavy atom. The monoisotopic (exact) mass is 386 g/mol. The van der Waals surface area contributed by atoms with E-state index in [0.717, 1.165) is 22.6 Å². The van der Waals surface area contributed by atoms with Crippen molar-refractivity contribution in [2.24, 2.45) is 0 Å². The number of nitrogens with one attached hydrogen (secondary N) is 2. The first-order valence-corrected chi connectivity index (χ1v) is 9.68. The molecule has 0 fully saturated rings. The minimum Gasteiger partial charge on any atom is -0.340 e. The molecule has 2 N–H and O–H groups in total. The summed E-state index contributed by atoms with van der Waals surface area (Å²) in [6.45, 7) is 1.87. The van der Waals surface area contributed by atoms with Crippen molar-refractivity contribution in [2.75, 3.05) is 10.6 Å². The SMILES string of the molecule is Cc1nc(Nc2cccc(NC(=O)c3cccs3)c2)cc(-c2ccccc2)n1. The number of hydrogen-bond acceptors (Lipinski definition) is 5. The highest BCUT2D eigenvalue weighted by molar-refractivity contribution is 7.12. The van der Waals surface area contributed by atoms with E-state index in [1.54, 1.807) is 6.07 Å². The quantitative estimate of drug-likeness (QED) is 0.475. The van der Waals surface area contributed by atoms with Gasteiger partial charge in [0.25, 0.3) is 5.91 Å². The maximum absolute atomic E-state index is 12.2. The Labute approximate surface area is 167 Å². The van der Waals surface area contributed by atoms with Crippen LogP contribution in [0.3, 0.4) is 0 Å². The predicted octanol–water partition coefficient (Wildman–Crippen LogP) is 5.51. The zero-order valence-corrected chi connectivity index (χ0v) is 16.0. The fourth-order valence-corrected chi connectivity index (χ4v) is 3.43. The molecule has 0 aliphatic rings. The van der Waals surface area contributed by atoms with Crippen molar-refractivity contribution in [3.05, 3.63) is 88.9 Å². The number of carbonyl (C=O) groups is 1. The molecule has 2 heterocycles. The molecule has 28 heavy (non-hydrogen) atoms. The fourth-order valence-electron chi connectivity index (χ4n) is 2.81. The minimum atomic E-state index is -0.114. The molecule has 5 nitrogen and oxygen atoms in total. The molecule has 0 radical (unpaired) electrons. The van der Waals surface area contributed by atoms with Gasteiger partial charge in [-0.1, -0.05) is 42.5 Å². The second-order valence-electron chi connectivity index (χ2n) is 6.19. The van der Waals surface area contributed by atoms with E-state index in [1.807, 2.05) is 79.0 Å². The molecule has 0 aliphatic heterocycles. The molecule has 0 bridgehead atoms.